The Labute approximate surface area is 178 Å². The van der Waals surface area contributed by atoms with Gasteiger partial charge < -0.3 is 4.57 Å². The normalized spacial score (nSPS) is 46.6. The van der Waals surface area contributed by atoms with Crippen LogP contribution in [0.15, 0.2) is 30.9 Å². The molecule has 5 rings (SSSR count). The highest BCUT2D eigenvalue weighted by Gasteiger charge is 2.60. The number of imidazole rings is 1. The maximum atomic E-state index is 4.60. The summed E-state index contributed by atoms with van der Waals surface area (Å²) in [6, 6.07) is 0. The van der Waals surface area contributed by atoms with Gasteiger partial charge in [0.05, 0.1) is 6.33 Å². The van der Waals surface area contributed by atoms with Crippen LogP contribution >= 0.6 is 0 Å². The molecule has 0 spiro atoms. The van der Waals surface area contributed by atoms with Crippen LogP contribution in [0.2, 0.25) is 0 Å². The maximum absolute atomic E-state index is 4.60. The zero-order chi connectivity index (χ0) is 20.2. The van der Waals surface area contributed by atoms with Gasteiger partial charge in [-0.2, -0.15) is 0 Å². The largest absolute Gasteiger partial charge is 0.333 e. The van der Waals surface area contributed by atoms with E-state index in [0.29, 0.717) is 16.7 Å². The smallest absolute Gasteiger partial charge is 0.0948 e. The number of nitrogens with zero attached hydrogens (tertiary/aromatic N) is 2. The van der Waals surface area contributed by atoms with Crippen LogP contribution in [0.4, 0.5) is 0 Å². The zero-order valence-corrected chi connectivity index (χ0v) is 19.1. The van der Waals surface area contributed by atoms with E-state index in [1.54, 1.807) is 0 Å². The molecule has 4 aliphatic rings. The SMILES string of the molecule is C=C(Cn1ccnc1)C1CCC2C3CCC4CC(CC)CCC4(C)C3CCC12C. The molecule has 4 aliphatic carbocycles. The van der Waals surface area contributed by atoms with Gasteiger partial charge in [-0.05, 0) is 104 Å². The first-order valence-corrected chi connectivity index (χ1v) is 12.6. The maximum Gasteiger partial charge on any atom is 0.0948 e. The predicted molar refractivity (Wildman–Crippen MR) is 120 cm³/mol. The third kappa shape index (κ3) is 3.07. The van der Waals surface area contributed by atoms with E-state index >= 15 is 0 Å². The van der Waals surface area contributed by atoms with Crippen LogP contribution in [0, 0.1) is 46.3 Å². The van der Waals surface area contributed by atoms with E-state index in [4.69, 9.17) is 0 Å². The third-order valence-electron chi connectivity index (χ3n) is 10.8. The van der Waals surface area contributed by atoms with Gasteiger partial charge in [0.2, 0.25) is 0 Å². The first-order valence-electron chi connectivity index (χ1n) is 12.6. The molecule has 1 aromatic rings. The minimum atomic E-state index is 0.489. The predicted octanol–water partition coefficient (Wildman–Crippen LogP) is 7.12. The van der Waals surface area contributed by atoms with Gasteiger partial charge in [0.15, 0.2) is 0 Å². The fraction of sp³-hybridized carbons (Fsp3) is 0.815. The summed E-state index contributed by atoms with van der Waals surface area (Å²) >= 11 is 0. The number of allylic oxidation sites excluding steroid dienone is 1. The van der Waals surface area contributed by atoms with Crippen molar-refractivity contribution in [3.63, 3.8) is 0 Å². The van der Waals surface area contributed by atoms with Gasteiger partial charge in [-0.15, -0.1) is 0 Å². The van der Waals surface area contributed by atoms with Crippen molar-refractivity contribution in [2.45, 2.75) is 91.5 Å². The quantitative estimate of drug-likeness (QED) is 0.497. The Bertz CT molecular complexity index is 736. The number of rotatable bonds is 4. The highest BCUT2D eigenvalue weighted by molar-refractivity contribution is 5.16. The van der Waals surface area contributed by atoms with Crippen LogP contribution in [0.5, 0.6) is 0 Å². The van der Waals surface area contributed by atoms with Crippen molar-refractivity contribution in [3.05, 3.63) is 30.9 Å². The van der Waals surface area contributed by atoms with E-state index < -0.39 is 0 Å². The molecule has 4 saturated carbocycles. The lowest BCUT2D eigenvalue weighted by Crippen LogP contribution is -2.53. The van der Waals surface area contributed by atoms with Crippen LogP contribution in [0.3, 0.4) is 0 Å². The molecule has 160 valence electrons. The average molecular weight is 395 g/mol. The van der Waals surface area contributed by atoms with E-state index in [1.165, 1.54) is 69.8 Å². The van der Waals surface area contributed by atoms with E-state index in [0.717, 1.165) is 36.1 Å². The highest BCUT2D eigenvalue weighted by Crippen LogP contribution is 2.68. The second-order valence-corrected chi connectivity index (χ2v) is 11.8. The first-order chi connectivity index (χ1) is 14.0. The van der Waals surface area contributed by atoms with Crippen molar-refractivity contribution in [3.8, 4) is 0 Å². The molecule has 2 nitrogen and oxygen atoms in total. The van der Waals surface area contributed by atoms with Crippen LogP contribution < -0.4 is 0 Å². The summed E-state index contributed by atoms with van der Waals surface area (Å²) in [5, 5.41) is 0. The van der Waals surface area contributed by atoms with Crippen LogP contribution in [0.1, 0.15) is 85.0 Å². The Morgan fingerprint density at radius 2 is 1.83 bits per heavy atom. The number of hydrogen-bond acceptors (Lipinski definition) is 1. The number of fused-ring (bicyclic) bond motifs is 5. The summed E-state index contributed by atoms with van der Waals surface area (Å²) < 4.78 is 2.21. The third-order valence-corrected chi connectivity index (χ3v) is 10.8. The van der Waals surface area contributed by atoms with E-state index in [2.05, 4.69) is 43.1 Å². The molecular weight excluding hydrogens is 352 g/mol. The Morgan fingerprint density at radius 1 is 1.03 bits per heavy atom. The summed E-state index contributed by atoms with van der Waals surface area (Å²) in [7, 11) is 0. The van der Waals surface area contributed by atoms with Crippen molar-refractivity contribution >= 4 is 0 Å². The molecule has 29 heavy (non-hydrogen) atoms. The lowest BCUT2D eigenvalue weighted by molar-refractivity contribution is -0.116. The van der Waals surface area contributed by atoms with Crippen LogP contribution in [0.25, 0.3) is 0 Å². The van der Waals surface area contributed by atoms with Gasteiger partial charge >= 0.3 is 0 Å². The molecule has 0 radical (unpaired) electrons. The van der Waals surface area contributed by atoms with Crippen molar-refractivity contribution in [1.82, 2.24) is 9.55 Å². The fourth-order valence-corrected chi connectivity index (χ4v) is 9.11. The topological polar surface area (TPSA) is 17.8 Å². The Hall–Kier alpha value is -1.05. The van der Waals surface area contributed by atoms with Gasteiger partial charge in [0.25, 0.3) is 0 Å². The summed E-state index contributed by atoms with van der Waals surface area (Å²) in [6.07, 6.45) is 20.6. The van der Waals surface area contributed by atoms with Crippen molar-refractivity contribution in [2.75, 3.05) is 0 Å². The summed E-state index contributed by atoms with van der Waals surface area (Å²) in [5.41, 5.74) is 2.58. The van der Waals surface area contributed by atoms with Crippen LogP contribution in [-0.2, 0) is 6.54 Å². The van der Waals surface area contributed by atoms with Crippen molar-refractivity contribution in [2.24, 2.45) is 46.3 Å². The summed E-state index contributed by atoms with van der Waals surface area (Å²) in [4.78, 5) is 4.23. The van der Waals surface area contributed by atoms with Gasteiger partial charge in [-0.1, -0.05) is 39.3 Å². The fourth-order valence-electron chi connectivity index (χ4n) is 9.11. The van der Waals surface area contributed by atoms with Gasteiger partial charge in [0, 0.05) is 18.9 Å². The van der Waals surface area contributed by atoms with Gasteiger partial charge in [0.1, 0.15) is 0 Å². The monoisotopic (exact) mass is 394 g/mol. The zero-order valence-electron chi connectivity index (χ0n) is 19.1. The minimum Gasteiger partial charge on any atom is -0.333 e. The Balaban J connectivity index is 1.34. The molecule has 0 bridgehead atoms. The number of aromatic nitrogens is 2. The molecule has 2 heteroatoms. The lowest BCUT2D eigenvalue weighted by Gasteiger charge is -2.61. The molecule has 0 aromatic carbocycles. The highest BCUT2D eigenvalue weighted by atomic mass is 15.0. The Kier molecular flexibility index (Phi) is 4.99. The van der Waals surface area contributed by atoms with Crippen molar-refractivity contribution < 1.29 is 0 Å². The molecule has 4 fully saturated rings. The Morgan fingerprint density at radius 3 is 2.59 bits per heavy atom. The molecule has 0 aliphatic heterocycles. The molecule has 8 unspecified atom stereocenters. The first kappa shape index (κ1) is 19.9. The molecule has 0 saturated heterocycles. The molecular formula is C27H42N2. The standard InChI is InChI=1S/C27H42N2/c1-5-20-10-12-26(3)21(16-20)6-7-22-24-9-8-23(27(24,4)13-11-25(22)26)19(2)17-29-15-14-28-18-29/h14-15,18,20-25H,2,5-13,16-17H2,1,3-4H3. The van der Waals surface area contributed by atoms with E-state index in [9.17, 15) is 0 Å². The summed E-state index contributed by atoms with van der Waals surface area (Å²) in [5.74, 6) is 5.66. The van der Waals surface area contributed by atoms with Crippen molar-refractivity contribution in [1.29, 1.82) is 0 Å². The number of hydrogen-bond donors (Lipinski definition) is 0. The van der Waals surface area contributed by atoms with Crippen LogP contribution in [-0.4, -0.2) is 9.55 Å². The average Bonchev–Trinajstić information content (AvgIpc) is 3.34. The lowest BCUT2D eigenvalue weighted by atomic mass is 9.44. The molecule has 8 atom stereocenters. The van der Waals surface area contributed by atoms with E-state index in [1.807, 2.05) is 12.5 Å². The second-order valence-electron chi connectivity index (χ2n) is 11.8. The molecule has 0 N–H and O–H groups in total. The van der Waals surface area contributed by atoms with E-state index in [-0.39, 0.29) is 0 Å². The molecule has 1 heterocycles. The second kappa shape index (κ2) is 7.27. The van der Waals surface area contributed by atoms with Gasteiger partial charge in [-0.3, -0.25) is 0 Å². The summed E-state index contributed by atoms with van der Waals surface area (Å²) in [6.45, 7) is 13.3. The van der Waals surface area contributed by atoms with Gasteiger partial charge in [-0.25, -0.2) is 4.98 Å². The minimum absolute atomic E-state index is 0.489. The molecule has 1 aromatic heterocycles. The molecule has 0 amide bonds.